The number of benzene rings is 2. The Bertz CT molecular complexity index is 901. The molecule has 0 aliphatic carbocycles. The SMILES string of the molecule is Cc1ccc(C)c(Cn2nnc(C(=O)O)c2-c2ccc(Cl)cc2)c1. The summed E-state index contributed by atoms with van der Waals surface area (Å²) < 4.78 is 1.62. The second kappa shape index (κ2) is 6.45. The molecule has 6 heteroatoms. The van der Waals surface area contributed by atoms with Gasteiger partial charge in [0.25, 0.3) is 0 Å². The smallest absolute Gasteiger partial charge is 0.358 e. The predicted octanol–water partition coefficient (Wildman–Crippen LogP) is 3.96. The number of halogens is 1. The topological polar surface area (TPSA) is 68.0 Å². The highest BCUT2D eigenvalue weighted by Crippen LogP contribution is 2.25. The second-order valence-electron chi connectivity index (χ2n) is 5.69. The summed E-state index contributed by atoms with van der Waals surface area (Å²) in [6, 6.07) is 13.1. The maximum atomic E-state index is 11.5. The van der Waals surface area contributed by atoms with Crippen LogP contribution in [0.15, 0.2) is 42.5 Å². The summed E-state index contributed by atoms with van der Waals surface area (Å²) in [5.74, 6) is -1.10. The minimum Gasteiger partial charge on any atom is -0.476 e. The van der Waals surface area contributed by atoms with E-state index >= 15 is 0 Å². The molecule has 5 nitrogen and oxygen atoms in total. The van der Waals surface area contributed by atoms with Crippen LogP contribution in [-0.2, 0) is 6.54 Å². The highest BCUT2D eigenvalue weighted by molar-refractivity contribution is 6.30. The van der Waals surface area contributed by atoms with Crippen LogP contribution in [0.4, 0.5) is 0 Å². The first-order valence-corrected chi connectivity index (χ1v) is 7.82. The monoisotopic (exact) mass is 341 g/mol. The quantitative estimate of drug-likeness (QED) is 0.779. The number of aromatic carboxylic acids is 1. The number of hydrogen-bond acceptors (Lipinski definition) is 3. The summed E-state index contributed by atoms with van der Waals surface area (Å²) in [4.78, 5) is 11.5. The van der Waals surface area contributed by atoms with E-state index in [0.717, 1.165) is 16.7 Å². The lowest BCUT2D eigenvalue weighted by Crippen LogP contribution is -2.07. The van der Waals surface area contributed by atoms with Crippen molar-refractivity contribution in [3.05, 3.63) is 69.9 Å². The molecule has 0 spiro atoms. The van der Waals surface area contributed by atoms with Gasteiger partial charge in [0, 0.05) is 10.6 Å². The molecule has 1 N–H and O–H groups in total. The molecule has 0 amide bonds. The molecule has 24 heavy (non-hydrogen) atoms. The number of nitrogens with zero attached hydrogens (tertiary/aromatic N) is 3. The maximum Gasteiger partial charge on any atom is 0.358 e. The first-order chi connectivity index (χ1) is 11.5. The van der Waals surface area contributed by atoms with Crippen LogP contribution >= 0.6 is 11.6 Å². The fourth-order valence-corrected chi connectivity index (χ4v) is 2.72. The van der Waals surface area contributed by atoms with Crippen LogP contribution in [0.3, 0.4) is 0 Å². The predicted molar refractivity (Wildman–Crippen MR) is 92.4 cm³/mol. The lowest BCUT2D eigenvalue weighted by atomic mass is 10.0. The van der Waals surface area contributed by atoms with Gasteiger partial charge in [0.15, 0.2) is 5.69 Å². The van der Waals surface area contributed by atoms with Gasteiger partial charge in [0.05, 0.1) is 6.54 Å². The molecule has 1 heterocycles. The molecule has 0 fully saturated rings. The van der Waals surface area contributed by atoms with Gasteiger partial charge in [-0.3, -0.25) is 0 Å². The summed E-state index contributed by atoms with van der Waals surface area (Å²) >= 11 is 5.93. The van der Waals surface area contributed by atoms with E-state index in [1.54, 1.807) is 28.9 Å². The van der Waals surface area contributed by atoms with Crippen LogP contribution in [0.25, 0.3) is 11.3 Å². The molecule has 0 aliphatic heterocycles. The number of carbonyl (C=O) groups is 1. The zero-order valence-electron chi connectivity index (χ0n) is 13.3. The Kier molecular flexibility index (Phi) is 4.36. The fourth-order valence-electron chi connectivity index (χ4n) is 2.59. The van der Waals surface area contributed by atoms with Crippen molar-refractivity contribution in [2.75, 3.05) is 0 Å². The first-order valence-electron chi connectivity index (χ1n) is 7.44. The van der Waals surface area contributed by atoms with Gasteiger partial charge >= 0.3 is 5.97 Å². The lowest BCUT2D eigenvalue weighted by Gasteiger charge is -2.10. The van der Waals surface area contributed by atoms with Crippen molar-refractivity contribution < 1.29 is 9.90 Å². The van der Waals surface area contributed by atoms with E-state index in [0.29, 0.717) is 22.8 Å². The van der Waals surface area contributed by atoms with Crippen molar-refractivity contribution in [1.29, 1.82) is 0 Å². The normalized spacial score (nSPS) is 10.8. The Labute approximate surface area is 144 Å². The Hall–Kier alpha value is -2.66. The zero-order valence-corrected chi connectivity index (χ0v) is 14.1. The van der Waals surface area contributed by atoms with Crippen molar-refractivity contribution in [3.8, 4) is 11.3 Å². The van der Waals surface area contributed by atoms with Gasteiger partial charge in [-0.25, -0.2) is 9.48 Å². The Morgan fingerprint density at radius 2 is 1.88 bits per heavy atom. The third-order valence-corrected chi connectivity index (χ3v) is 4.13. The van der Waals surface area contributed by atoms with Crippen LogP contribution < -0.4 is 0 Å². The van der Waals surface area contributed by atoms with E-state index in [1.807, 2.05) is 26.0 Å². The zero-order chi connectivity index (χ0) is 17.3. The molecule has 3 aromatic rings. The molecule has 3 rings (SSSR count). The van der Waals surface area contributed by atoms with Crippen LogP contribution in [0.5, 0.6) is 0 Å². The molecule has 0 radical (unpaired) electrons. The number of rotatable bonds is 4. The Morgan fingerprint density at radius 1 is 1.17 bits per heavy atom. The molecule has 122 valence electrons. The minimum absolute atomic E-state index is 0.0670. The summed E-state index contributed by atoms with van der Waals surface area (Å²) in [7, 11) is 0. The summed E-state index contributed by atoms with van der Waals surface area (Å²) in [6.45, 7) is 4.49. The van der Waals surface area contributed by atoms with Crippen LogP contribution in [0.1, 0.15) is 27.2 Å². The van der Waals surface area contributed by atoms with E-state index in [-0.39, 0.29) is 5.69 Å². The number of hydrogen-bond donors (Lipinski definition) is 1. The van der Waals surface area contributed by atoms with Crippen molar-refractivity contribution in [2.45, 2.75) is 20.4 Å². The van der Waals surface area contributed by atoms with Crippen molar-refractivity contribution in [2.24, 2.45) is 0 Å². The van der Waals surface area contributed by atoms with Gasteiger partial charge in [0.1, 0.15) is 5.69 Å². The van der Waals surface area contributed by atoms with Crippen molar-refractivity contribution >= 4 is 17.6 Å². The molecule has 0 unspecified atom stereocenters. The molecule has 0 saturated carbocycles. The summed E-state index contributed by atoms with van der Waals surface area (Å²) in [6.07, 6.45) is 0. The Balaban J connectivity index is 2.10. The largest absolute Gasteiger partial charge is 0.476 e. The van der Waals surface area contributed by atoms with E-state index in [9.17, 15) is 9.90 Å². The molecular formula is C18H16ClN3O2. The van der Waals surface area contributed by atoms with Crippen LogP contribution in [0, 0.1) is 13.8 Å². The molecular weight excluding hydrogens is 326 g/mol. The number of aryl methyl sites for hydroxylation is 2. The van der Waals surface area contributed by atoms with Crippen molar-refractivity contribution in [1.82, 2.24) is 15.0 Å². The van der Waals surface area contributed by atoms with Gasteiger partial charge < -0.3 is 5.11 Å². The third-order valence-electron chi connectivity index (χ3n) is 3.88. The van der Waals surface area contributed by atoms with Crippen LogP contribution in [-0.4, -0.2) is 26.1 Å². The standard InChI is InChI=1S/C18H16ClN3O2/c1-11-3-4-12(2)14(9-11)10-22-17(16(18(23)24)20-21-22)13-5-7-15(19)8-6-13/h3-9H,10H2,1-2H3,(H,23,24). The third kappa shape index (κ3) is 3.16. The van der Waals surface area contributed by atoms with Gasteiger partial charge in [-0.15, -0.1) is 5.10 Å². The van der Waals surface area contributed by atoms with E-state index in [4.69, 9.17) is 11.6 Å². The minimum atomic E-state index is -1.10. The Morgan fingerprint density at radius 3 is 2.54 bits per heavy atom. The second-order valence-corrected chi connectivity index (χ2v) is 6.12. The van der Waals surface area contributed by atoms with Crippen LogP contribution in [0.2, 0.25) is 5.02 Å². The molecule has 0 saturated heterocycles. The first kappa shape index (κ1) is 16.2. The summed E-state index contributed by atoms with van der Waals surface area (Å²) in [5, 5.41) is 17.9. The molecule has 0 aliphatic rings. The van der Waals surface area contributed by atoms with E-state index < -0.39 is 5.97 Å². The van der Waals surface area contributed by atoms with E-state index in [2.05, 4.69) is 16.4 Å². The molecule has 0 atom stereocenters. The fraction of sp³-hybridized carbons (Fsp3) is 0.167. The average molecular weight is 342 g/mol. The average Bonchev–Trinajstić information content (AvgIpc) is 2.95. The van der Waals surface area contributed by atoms with Gasteiger partial charge in [-0.1, -0.05) is 52.7 Å². The maximum absolute atomic E-state index is 11.5. The van der Waals surface area contributed by atoms with Crippen molar-refractivity contribution in [3.63, 3.8) is 0 Å². The lowest BCUT2D eigenvalue weighted by molar-refractivity contribution is 0.0691. The summed E-state index contributed by atoms with van der Waals surface area (Å²) in [5.41, 5.74) is 4.46. The number of aromatic nitrogens is 3. The van der Waals surface area contributed by atoms with Gasteiger partial charge in [-0.05, 0) is 37.1 Å². The highest BCUT2D eigenvalue weighted by Gasteiger charge is 2.21. The molecule has 2 aromatic carbocycles. The highest BCUT2D eigenvalue weighted by atomic mass is 35.5. The molecule has 1 aromatic heterocycles. The van der Waals surface area contributed by atoms with Gasteiger partial charge in [-0.2, -0.15) is 0 Å². The van der Waals surface area contributed by atoms with E-state index in [1.165, 1.54) is 0 Å². The van der Waals surface area contributed by atoms with Gasteiger partial charge in [0.2, 0.25) is 0 Å². The number of carboxylic acid groups (broad SMARTS) is 1. The number of carboxylic acids is 1. The molecule has 0 bridgehead atoms.